The second-order valence-corrected chi connectivity index (χ2v) is 5.43. The molecule has 1 N–H and O–H groups in total. The van der Waals surface area contributed by atoms with Gasteiger partial charge in [-0.05, 0) is 36.8 Å². The molecule has 0 aliphatic heterocycles. The Morgan fingerprint density at radius 1 is 1.40 bits per heavy atom. The summed E-state index contributed by atoms with van der Waals surface area (Å²) in [6, 6.07) is 7.67. The zero-order valence-electron chi connectivity index (χ0n) is 11.8. The second-order valence-electron chi connectivity index (χ2n) is 4.58. The van der Waals surface area contributed by atoms with Crippen LogP contribution in [0.1, 0.15) is 22.3 Å². The number of aromatic nitrogens is 2. The number of aryl methyl sites for hydroxylation is 2. The predicted molar refractivity (Wildman–Crippen MR) is 82.1 cm³/mol. The number of nitrogens with one attached hydrogen (secondary N) is 1. The van der Waals surface area contributed by atoms with E-state index in [1.165, 1.54) is 5.56 Å². The van der Waals surface area contributed by atoms with Crippen LogP contribution >= 0.6 is 11.8 Å². The largest absolute Gasteiger partial charge is 0.352 e. The third kappa shape index (κ3) is 3.87. The normalized spacial score (nSPS) is 10.5. The van der Waals surface area contributed by atoms with E-state index in [4.69, 9.17) is 0 Å². The topological polar surface area (TPSA) is 46.9 Å². The first kappa shape index (κ1) is 14.7. The third-order valence-electron chi connectivity index (χ3n) is 3.04. The van der Waals surface area contributed by atoms with Crippen LogP contribution in [0.15, 0.2) is 41.6 Å². The van der Waals surface area contributed by atoms with E-state index in [-0.39, 0.29) is 5.91 Å². The maximum atomic E-state index is 12.1. The zero-order chi connectivity index (χ0) is 14.4. The van der Waals surface area contributed by atoms with Crippen molar-refractivity contribution in [2.24, 2.45) is 7.05 Å². The lowest BCUT2D eigenvalue weighted by Crippen LogP contribution is -2.25. The molecule has 1 heterocycles. The quantitative estimate of drug-likeness (QED) is 0.656. The van der Waals surface area contributed by atoms with E-state index in [1.807, 2.05) is 50.0 Å². The molecule has 0 bridgehead atoms. The smallest absolute Gasteiger partial charge is 0.252 e. The molecule has 0 unspecified atom stereocenters. The van der Waals surface area contributed by atoms with Gasteiger partial charge in [0.1, 0.15) is 0 Å². The standard InChI is InChI=1S/C15H19N3OS/c1-18-11-12(10-17-18)6-5-9-16-15(19)13-7-3-4-8-14(13)20-2/h3-4,7-8,10-11H,5-6,9H2,1-2H3,(H,16,19). The van der Waals surface area contributed by atoms with Gasteiger partial charge in [0.2, 0.25) is 0 Å². The highest BCUT2D eigenvalue weighted by Gasteiger charge is 2.09. The minimum atomic E-state index is 0.00105. The molecule has 1 aromatic carbocycles. The number of carbonyl (C=O) groups excluding carboxylic acids is 1. The number of benzene rings is 1. The van der Waals surface area contributed by atoms with Crippen LogP contribution in [0.4, 0.5) is 0 Å². The molecule has 1 aromatic heterocycles. The summed E-state index contributed by atoms with van der Waals surface area (Å²) in [4.78, 5) is 13.1. The van der Waals surface area contributed by atoms with Crippen molar-refractivity contribution >= 4 is 17.7 Å². The maximum absolute atomic E-state index is 12.1. The Balaban J connectivity index is 1.80. The molecular weight excluding hydrogens is 270 g/mol. The highest BCUT2D eigenvalue weighted by Crippen LogP contribution is 2.19. The monoisotopic (exact) mass is 289 g/mol. The minimum absolute atomic E-state index is 0.00105. The van der Waals surface area contributed by atoms with Crippen LogP contribution < -0.4 is 5.32 Å². The highest BCUT2D eigenvalue weighted by atomic mass is 32.2. The summed E-state index contributed by atoms with van der Waals surface area (Å²) in [6.45, 7) is 0.677. The fraction of sp³-hybridized carbons (Fsp3) is 0.333. The van der Waals surface area contributed by atoms with Gasteiger partial charge in [-0.25, -0.2) is 0 Å². The number of rotatable bonds is 6. The lowest BCUT2D eigenvalue weighted by atomic mass is 10.2. The molecule has 0 aliphatic rings. The average molecular weight is 289 g/mol. The molecule has 1 amide bonds. The van der Waals surface area contributed by atoms with E-state index in [0.29, 0.717) is 6.54 Å². The number of thioether (sulfide) groups is 1. The number of amides is 1. The van der Waals surface area contributed by atoms with Crippen molar-refractivity contribution in [1.82, 2.24) is 15.1 Å². The number of nitrogens with zero attached hydrogens (tertiary/aromatic N) is 2. The summed E-state index contributed by atoms with van der Waals surface area (Å²) in [7, 11) is 1.91. The molecule has 106 valence electrons. The van der Waals surface area contributed by atoms with Crippen molar-refractivity contribution in [2.75, 3.05) is 12.8 Å². The van der Waals surface area contributed by atoms with Gasteiger partial charge in [0.15, 0.2) is 0 Å². The first-order chi connectivity index (χ1) is 9.70. The van der Waals surface area contributed by atoms with E-state index in [9.17, 15) is 4.79 Å². The molecule has 0 atom stereocenters. The number of hydrogen-bond donors (Lipinski definition) is 1. The molecule has 0 radical (unpaired) electrons. The second kappa shape index (κ2) is 7.14. The van der Waals surface area contributed by atoms with Crippen LogP contribution in [-0.2, 0) is 13.5 Å². The summed E-state index contributed by atoms with van der Waals surface area (Å²) >= 11 is 1.59. The van der Waals surface area contributed by atoms with Crippen LogP contribution in [0.5, 0.6) is 0 Å². The van der Waals surface area contributed by atoms with Crippen molar-refractivity contribution in [1.29, 1.82) is 0 Å². The van der Waals surface area contributed by atoms with Gasteiger partial charge in [0.25, 0.3) is 5.91 Å². The third-order valence-corrected chi connectivity index (χ3v) is 3.83. The fourth-order valence-corrected chi connectivity index (χ4v) is 2.62. The Bertz CT molecular complexity index is 580. The van der Waals surface area contributed by atoms with Crippen molar-refractivity contribution in [3.63, 3.8) is 0 Å². The van der Waals surface area contributed by atoms with Crippen LogP contribution in [0.25, 0.3) is 0 Å². The molecule has 0 spiro atoms. The Morgan fingerprint density at radius 3 is 2.90 bits per heavy atom. The van der Waals surface area contributed by atoms with Gasteiger partial charge < -0.3 is 5.32 Å². The zero-order valence-corrected chi connectivity index (χ0v) is 12.6. The Labute approximate surface area is 123 Å². The molecule has 2 aromatic rings. The van der Waals surface area contributed by atoms with E-state index in [0.717, 1.165) is 23.3 Å². The van der Waals surface area contributed by atoms with Gasteiger partial charge in [0, 0.05) is 24.7 Å². The lowest BCUT2D eigenvalue weighted by Gasteiger charge is -2.08. The van der Waals surface area contributed by atoms with E-state index in [1.54, 1.807) is 16.4 Å². The lowest BCUT2D eigenvalue weighted by molar-refractivity contribution is 0.0950. The van der Waals surface area contributed by atoms with E-state index < -0.39 is 0 Å². The molecule has 4 nitrogen and oxygen atoms in total. The first-order valence-electron chi connectivity index (χ1n) is 6.59. The van der Waals surface area contributed by atoms with E-state index in [2.05, 4.69) is 10.4 Å². The van der Waals surface area contributed by atoms with Gasteiger partial charge in [-0.2, -0.15) is 5.10 Å². The molecular formula is C15H19N3OS. The van der Waals surface area contributed by atoms with Crippen molar-refractivity contribution in [3.05, 3.63) is 47.8 Å². The van der Waals surface area contributed by atoms with Crippen molar-refractivity contribution in [2.45, 2.75) is 17.7 Å². The van der Waals surface area contributed by atoms with E-state index >= 15 is 0 Å². The summed E-state index contributed by atoms with van der Waals surface area (Å²) in [5.41, 5.74) is 1.95. The first-order valence-corrected chi connectivity index (χ1v) is 7.82. The van der Waals surface area contributed by atoms with Gasteiger partial charge in [-0.3, -0.25) is 9.48 Å². The van der Waals surface area contributed by atoms with Gasteiger partial charge in [0.05, 0.1) is 11.8 Å². The summed E-state index contributed by atoms with van der Waals surface area (Å²) in [5.74, 6) is 0.00105. The van der Waals surface area contributed by atoms with Crippen molar-refractivity contribution in [3.8, 4) is 0 Å². The summed E-state index contributed by atoms with van der Waals surface area (Å²) in [5, 5.41) is 7.10. The SMILES string of the molecule is CSc1ccccc1C(=O)NCCCc1cnn(C)c1. The minimum Gasteiger partial charge on any atom is -0.352 e. The highest BCUT2D eigenvalue weighted by molar-refractivity contribution is 7.98. The Hall–Kier alpha value is -1.75. The summed E-state index contributed by atoms with van der Waals surface area (Å²) in [6.07, 6.45) is 7.70. The van der Waals surface area contributed by atoms with Crippen LogP contribution in [-0.4, -0.2) is 28.5 Å². The molecule has 5 heteroatoms. The fourth-order valence-electron chi connectivity index (χ4n) is 2.02. The van der Waals surface area contributed by atoms with Gasteiger partial charge in [-0.1, -0.05) is 12.1 Å². The molecule has 0 aliphatic carbocycles. The molecule has 20 heavy (non-hydrogen) atoms. The van der Waals surface area contributed by atoms with Gasteiger partial charge >= 0.3 is 0 Å². The maximum Gasteiger partial charge on any atom is 0.252 e. The molecule has 0 saturated heterocycles. The van der Waals surface area contributed by atoms with Crippen molar-refractivity contribution < 1.29 is 4.79 Å². The Morgan fingerprint density at radius 2 is 2.20 bits per heavy atom. The van der Waals surface area contributed by atoms with Crippen LogP contribution in [0.2, 0.25) is 0 Å². The Kier molecular flexibility index (Phi) is 5.24. The number of carbonyl (C=O) groups is 1. The van der Waals surface area contributed by atoms with Gasteiger partial charge in [-0.15, -0.1) is 11.8 Å². The predicted octanol–water partition coefficient (Wildman–Crippen LogP) is 2.50. The molecule has 0 saturated carbocycles. The number of hydrogen-bond acceptors (Lipinski definition) is 3. The molecule has 0 fully saturated rings. The average Bonchev–Trinajstić information content (AvgIpc) is 2.89. The van der Waals surface area contributed by atoms with Crippen LogP contribution in [0.3, 0.4) is 0 Å². The van der Waals surface area contributed by atoms with Crippen LogP contribution in [0, 0.1) is 0 Å². The molecule has 2 rings (SSSR count). The summed E-state index contributed by atoms with van der Waals surface area (Å²) < 4.78 is 1.79.